The molecule has 1 aromatic carbocycles. The molecule has 3 heteroatoms. The van der Waals surface area contributed by atoms with Crippen LogP contribution in [0.15, 0.2) is 23.1 Å². The lowest BCUT2D eigenvalue weighted by atomic mass is 10.2. The number of aryl methyl sites for hydroxylation is 1. The molecule has 2 aromatic rings. The number of hydrogen-bond donors (Lipinski definition) is 0. The molecule has 1 heterocycles. The second-order valence-electron chi connectivity index (χ2n) is 2.88. The van der Waals surface area contributed by atoms with Crippen molar-refractivity contribution >= 4 is 55.8 Å². The first kappa shape index (κ1) is 9.80. The monoisotopic (exact) mass is 320 g/mol. The Balaban J connectivity index is 2.83. The van der Waals surface area contributed by atoms with Crippen LogP contribution in [0.25, 0.3) is 10.1 Å². The highest BCUT2D eigenvalue weighted by Crippen LogP contribution is 2.35. The summed E-state index contributed by atoms with van der Waals surface area (Å²) in [5.41, 5.74) is 1.39. The highest BCUT2D eigenvalue weighted by Gasteiger charge is 2.06. The summed E-state index contributed by atoms with van der Waals surface area (Å²) in [5, 5.41) is 1.42. The fourth-order valence-electron chi connectivity index (χ4n) is 1.38. The van der Waals surface area contributed by atoms with Gasteiger partial charge < -0.3 is 0 Å². The van der Waals surface area contributed by atoms with E-state index >= 15 is 0 Å². The third-order valence-electron chi connectivity index (χ3n) is 2.03. The molecule has 0 aliphatic heterocycles. The van der Waals surface area contributed by atoms with Crippen LogP contribution < -0.4 is 0 Å². The van der Waals surface area contributed by atoms with Gasteiger partial charge in [-0.2, -0.15) is 0 Å². The third-order valence-corrected chi connectivity index (χ3v) is 4.86. The SMILES string of the molecule is CSc1ccc(C)c2sc(I)cc12. The zero-order valence-electron chi connectivity index (χ0n) is 7.43. The second kappa shape index (κ2) is 3.79. The summed E-state index contributed by atoms with van der Waals surface area (Å²) in [5.74, 6) is 0. The van der Waals surface area contributed by atoms with Gasteiger partial charge in [0.25, 0.3) is 0 Å². The molecule has 0 spiro atoms. The standard InChI is InChI=1S/C10H9IS2/c1-6-3-4-8(12-2)7-5-9(11)13-10(6)7/h3-5H,1-2H3. The van der Waals surface area contributed by atoms with E-state index in [-0.39, 0.29) is 0 Å². The summed E-state index contributed by atoms with van der Waals surface area (Å²) in [6.45, 7) is 2.18. The Morgan fingerprint density at radius 2 is 2.15 bits per heavy atom. The largest absolute Gasteiger partial charge is 0.129 e. The molecule has 0 atom stereocenters. The van der Waals surface area contributed by atoms with Crippen LogP contribution in [-0.2, 0) is 0 Å². The van der Waals surface area contributed by atoms with E-state index in [0.29, 0.717) is 0 Å². The summed E-state index contributed by atoms with van der Waals surface area (Å²) in [6, 6.07) is 6.70. The van der Waals surface area contributed by atoms with Crippen LogP contribution in [0.1, 0.15) is 5.56 Å². The van der Waals surface area contributed by atoms with E-state index in [0.717, 1.165) is 0 Å². The van der Waals surface area contributed by atoms with E-state index in [1.54, 1.807) is 0 Å². The zero-order chi connectivity index (χ0) is 9.42. The van der Waals surface area contributed by atoms with Gasteiger partial charge in [-0.05, 0) is 53.5 Å². The smallest absolute Gasteiger partial charge is 0.0666 e. The molecule has 13 heavy (non-hydrogen) atoms. The summed E-state index contributed by atoms with van der Waals surface area (Å²) in [7, 11) is 0. The van der Waals surface area contributed by atoms with Crippen LogP contribution in [0.4, 0.5) is 0 Å². The van der Waals surface area contributed by atoms with Crippen molar-refractivity contribution in [3.05, 3.63) is 26.6 Å². The molecule has 0 bridgehead atoms. The van der Waals surface area contributed by atoms with Crippen molar-refractivity contribution in [1.29, 1.82) is 0 Å². The molecule has 1 aromatic heterocycles. The minimum absolute atomic E-state index is 1.37. The predicted octanol–water partition coefficient (Wildman–Crippen LogP) is 4.54. The minimum Gasteiger partial charge on any atom is -0.129 e. The Bertz CT molecular complexity index is 445. The second-order valence-corrected chi connectivity index (χ2v) is 6.67. The van der Waals surface area contributed by atoms with Crippen molar-refractivity contribution < 1.29 is 0 Å². The molecule has 0 aliphatic rings. The summed E-state index contributed by atoms with van der Waals surface area (Å²) >= 11 is 6.10. The average Bonchev–Trinajstić information content (AvgIpc) is 2.48. The lowest BCUT2D eigenvalue weighted by molar-refractivity contribution is 1.48. The van der Waals surface area contributed by atoms with Gasteiger partial charge in [0, 0.05) is 15.0 Å². The summed E-state index contributed by atoms with van der Waals surface area (Å²) in [4.78, 5) is 1.39. The van der Waals surface area contributed by atoms with E-state index in [1.165, 1.54) is 23.4 Å². The molecule has 0 unspecified atom stereocenters. The first-order valence-corrected chi connectivity index (χ1v) is 7.07. The van der Waals surface area contributed by atoms with Crippen molar-refractivity contribution in [3.63, 3.8) is 0 Å². The Morgan fingerprint density at radius 3 is 2.85 bits per heavy atom. The molecule has 0 saturated carbocycles. The Labute approximate surface area is 99.9 Å². The first-order valence-electron chi connectivity index (χ1n) is 3.95. The van der Waals surface area contributed by atoms with Crippen LogP contribution in [0.5, 0.6) is 0 Å². The van der Waals surface area contributed by atoms with Crippen molar-refractivity contribution in [1.82, 2.24) is 0 Å². The van der Waals surface area contributed by atoms with Gasteiger partial charge in [-0.3, -0.25) is 0 Å². The van der Waals surface area contributed by atoms with Crippen LogP contribution in [0.3, 0.4) is 0 Å². The molecule has 0 fully saturated rings. The number of fused-ring (bicyclic) bond motifs is 1. The average molecular weight is 320 g/mol. The molecule has 0 N–H and O–H groups in total. The van der Waals surface area contributed by atoms with Crippen LogP contribution >= 0.6 is 45.7 Å². The van der Waals surface area contributed by atoms with E-state index in [4.69, 9.17) is 0 Å². The van der Waals surface area contributed by atoms with Crippen LogP contribution in [0.2, 0.25) is 0 Å². The van der Waals surface area contributed by atoms with Crippen molar-refractivity contribution in [2.24, 2.45) is 0 Å². The highest BCUT2D eigenvalue weighted by molar-refractivity contribution is 14.1. The van der Waals surface area contributed by atoms with Crippen molar-refractivity contribution in [2.45, 2.75) is 11.8 Å². The van der Waals surface area contributed by atoms with Crippen molar-refractivity contribution in [2.75, 3.05) is 6.26 Å². The van der Waals surface area contributed by atoms with Gasteiger partial charge in [0.2, 0.25) is 0 Å². The first-order chi connectivity index (χ1) is 6.22. The van der Waals surface area contributed by atoms with Gasteiger partial charge in [0.1, 0.15) is 0 Å². The topological polar surface area (TPSA) is 0 Å². The zero-order valence-corrected chi connectivity index (χ0v) is 11.2. The fourth-order valence-corrected chi connectivity index (χ4v) is 3.88. The number of thioether (sulfide) groups is 1. The number of halogens is 1. The maximum absolute atomic E-state index is 2.39. The Kier molecular flexibility index (Phi) is 2.86. The Hall–Kier alpha value is 0.260. The normalized spacial score (nSPS) is 11.0. The van der Waals surface area contributed by atoms with Crippen LogP contribution in [0, 0.1) is 9.81 Å². The number of thiophene rings is 1. The third kappa shape index (κ3) is 1.74. The van der Waals surface area contributed by atoms with Gasteiger partial charge in [-0.25, -0.2) is 0 Å². The van der Waals surface area contributed by atoms with Gasteiger partial charge in [0.15, 0.2) is 0 Å². The fraction of sp³-hybridized carbons (Fsp3) is 0.200. The Morgan fingerprint density at radius 1 is 1.38 bits per heavy atom. The number of hydrogen-bond acceptors (Lipinski definition) is 2. The molecule has 0 nitrogen and oxygen atoms in total. The molecular formula is C10H9IS2. The molecular weight excluding hydrogens is 311 g/mol. The summed E-state index contributed by atoms with van der Waals surface area (Å²) < 4.78 is 2.81. The van der Waals surface area contributed by atoms with Gasteiger partial charge in [0.05, 0.1) is 2.88 Å². The van der Waals surface area contributed by atoms with Crippen LogP contribution in [-0.4, -0.2) is 6.26 Å². The van der Waals surface area contributed by atoms with E-state index in [9.17, 15) is 0 Å². The lowest BCUT2D eigenvalue weighted by Crippen LogP contribution is -1.75. The molecule has 2 rings (SSSR count). The van der Waals surface area contributed by atoms with Gasteiger partial charge in [-0.15, -0.1) is 23.1 Å². The summed E-state index contributed by atoms with van der Waals surface area (Å²) in [6.07, 6.45) is 2.13. The molecule has 0 radical (unpaired) electrons. The molecule has 68 valence electrons. The molecule has 0 aliphatic carbocycles. The van der Waals surface area contributed by atoms with Crippen molar-refractivity contribution in [3.8, 4) is 0 Å². The van der Waals surface area contributed by atoms with E-state index in [1.807, 2.05) is 23.1 Å². The highest BCUT2D eigenvalue weighted by atomic mass is 127. The number of rotatable bonds is 1. The van der Waals surface area contributed by atoms with E-state index < -0.39 is 0 Å². The predicted molar refractivity (Wildman–Crippen MR) is 71.1 cm³/mol. The van der Waals surface area contributed by atoms with Gasteiger partial charge >= 0.3 is 0 Å². The van der Waals surface area contributed by atoms with E-state index in [2.05, 4.69) is 54.0 Å². The quantitative estimate of drug-likeness (QED) is 0.549. The minimum atomic E-state index is 1.37. The maximum Gasteiger partial charge on any atom is 0.0666 e. The number of benzene rings is 1. The lowest BCUT2D eigenvalue weighted by Gasteiger charge is -2.00. The van der Waals surface area contributed by atoms with Gasteiger partial charge in [-0.1, -0.05) is 6.07 Å². The maximum atomic E-state index is 2.39. The molecule has 0 amide bonds. The molecule has 0 saturated heterocycles.